The molecule has 0 spiro atoms. The number of aryl methyl sites for hydroxylation is 1. The molecule has 1 rings (SSSR count). The van der Waals surface area contributed by atoms with Crippen LogP contribution in [0.1, 0.15) is 46.0 Å². The Morgan fingerprint density at radius 3 is 2.50 bits per heavy atom. The van der Waals surface area contributed by atoms with Gasteiger partial charge in [0.15, 0.2) is 5.78 Å². The number of carbonyl (C=O) groups excluding carboxylic acids is 2. The van der Waals surface area contributed by atoms with Gasteiger partial charge in [-0.1, -0.05) is 0 Å². The predicted octanol–water partition coefficient (Wildman–Crippen LogP) is 1.60. The first kappa shape index (κ1) is 14.4. The van der Waals surface area contributed by atoms with Gasteiger partial charge in [0.05, 0.1) is 12.6 Å². The number of rotatable bonds is 5. The maximum atomic E-state index is 12.2. The summed E-state index contributed by atoms with van der Waals surface area (Å²) in [5.41, 5.74) is 2.28. The average molecular weight is 252 g/mol. The zero-order chi connectivity index (χ0) is 13.9. The van der Waals surface area contributed by atoms with Crippen LogP contribution in [0.15, 0.2) is 0 Å². The van der Waals surface area contributed by atoms with E-state index in [-0.39, 0.29) is 11.8 Å². The lowest BCUT2D eigenvalue weighted by Crippen LogP contribution is -2.31. The molecule has 1 unspecified atom stereocenters. The number of esters is 1. The number of ether oxygens (including phenoxy) is 1. The number of aromatic amines is 1. The smallest absolute Gasteiger partial charge is 0.355 e. The van der Waals surface area contributed by atoms with E-state index in [1.54, 1.807) is 34.7 Å². The molecule has 5 heteroatoms. The van der Waals surface area contributed by atoms with Crippen molar-refractivity contribution in [2.75, 3.05) is 13.7 Å². The first-order chi connectivity index (χ1) is 8.43. The molecule has 18 heavy (non-hydrogen) atoms. The van der Waals surface area contributed by atoms with Crippen LogP contribution in [-0.2, 0) is 4.74 Å². The van der Waals surface area contributed by atoms with E-state index in [2.05, 4.69) is 10.3 Å². The van der Waals surface area contributed by atoms with Crippen LogP contribution in [-0.4, -0.2) is 36.4 Å². The molecule has 0 radical (unpaired) electrons. The largest absolute Gasteiger partial charge is 0.461 e. The summed E-state index contributed by atoms with van der Waals surface area (Å²) in [5, 5.41) is 2.90. The van der Waals surface area contributed by atoms with Gasteiger partial charge in [0.2, 0.25) is 0 Å². The summed E-state index contributed by atoms with van der Waals surface area (Å²) >= 11 is 0. The first-order valence-electron chi connectivity index (χ1n) is 6.01. The Hall–Kier alpha value is -1.62. The summed E-state index contributed by atoms with van der Waals surface area (Å²) in [5.74, 6) is -0.450. The third-order valence-corrected chi connectivity index (χ3v) is 2.99. The van der Waals surface area contributed by atoms with Crippen LogP contribution in [0.2, 0.25) is 0 Å². The van der Waals surface area contributed by atoms with Crippen molar-refractivity contribution in [2.45, 2.75) is 33.7 Å². The fourth-order valence-electron chi connectivity index (χ4n) is 1.87. The van der Waals surface area contributed by atoms with Crippen LogP contribution in [0, 0.1) is 13.8 Å². The van der Waals surface area contributed by atoms with Crippen molar-refractivity contribution in [3.05, 3.63) is 22.5 Å². The highest BCUT2D eigenvalue weighted by atomic mass is 16.5. The second-order valence-electron chi connectivity index (χ2n) is 4.22. The standard InChI is InChI=1S/C13H20N2O3/c1-6-18-13(17)11-7(2)10(8(3)15-11)12(16)9(4)14-5/h9,14-15H,6H2,1-5H3. The minimum atomic E-state index is -0.422. The van der Waals surface area contributed by atoms with E-state index < -0.39 is 5.97 Å². The highest BCUT2D eigenvalue weighted by Crippen LogP contribution is 2.20. The second-order valence-corrected chi connectivity index (χ2v) is 4.22. The summed E-state index contributed by atoms with van der Waals surface area (Å²) in [6.07, 6.45) is 0. The van der Waals surface area contributed by atoms with Crippen molar-refractivity contribution in [2.24, 2.45) is 0 Å². The Morgan fingerprint density at radius 2 is 2.00 bits per heavy atom. The van der Waals surface area contributed by atoms with Crippen LogP contribution < -0.4 is 5.32 Å². The highest BCUT2D eigenvalue weighted by molar-refractivity contribution is 6.05. The fraction of sp³-hybridized carbons (Fsp3) is 0.538. The normalized spacial score (nSPS) is 12.3. The lowest BCUT2D eigenvalue weighted by Gasteiger charge is -2.09. The molecular formula is C13H20N2O3. The predicted molar refractivity (Wildman–Crippen MR) is 69.1 cm³/mol. The lowest BCUT2D eigenvalue weighted by molar-refractivity contribution is 0.0519. The minimum absolute atomic E-state index is 0.0284. The number of aromatic nitrogens is 1. The molecule has 0 aliphatic rings. The molecule has 1 aromatic heterocycles. The van der Waals surface area contributed by atoms with Crippen LogP contribution in [0.4, 0.5) is 0 Å². The highest BCUT2D eigenvalue weighted by Gasteiger charge is 2.24. The Balaban J connectivity index is 3.16. The van der Waals surface area contributed by atoms with E-state index in [0.29, 0.717) is 29.1 Å². The van der Waals surface area contributed by atoms with E-state index in [1.807, 2.05) is 0 Å². The molecule has 0 fully saturated rings. The van der Waals surface area contributed by atoms with Gasteiger partial charge in [-0.2, -0.15) is 0 Å². The third-order valence-electron chi connectivity index (χ3n) is 2.99. The van der Waals surface area contributed by atoms with Gasteiger partial charge >= 0.3 is 5.97 Å². The number of hydrogen-bond donors (Lipinski definition) is 2. The molecule has 5 nitrogen and oxygen atoms in total. The second kappa shape index (κ2) is 5.82. The molecular weight excluding hydrogens is 232 g/mol. The van der Waals surface area contributed by atoms with Crippen molar-refractivity contribution in [3.8, 4) is 0 Å². The van der Waals surface area contributed by atoms with Crippen LogP contribution >= 0.6 is 0 Å². The molecule has 1 atom stereocenters. The molecule has 0 saturated heterocycles. The van der Waals surface area contributed by atoms with Gasteiger partial charge in [-0.25, -0.2) is 4.79 Å². The van der Waals surface area contributed by atoms with Crippen molar-refractivity contribution in [1.82, 2.24) is 10.3 Å². The molecule has 100 valence electrons. The number of nitrogens with one attached hydrogen (secondary N) is 2. The SMILES string of the molecule is CCOC(=O)c1[nH]c(C)c(C(=O)C(C)NC)c1C. The Morgan fingerprint density at radius 1 is 1.39 bits per heavy atom. The maximum absolute atomic E-state index is 12.2. The zero-order valence-corrected chi connectivity index (χ0v) is 11.5. The van der Waals surface area contributed by atoms with Gasteiger partial charge in [0.25, 0.3) is 0 Å². The minimum Gasteiger partial charge on any atom is -0.461 e. The summed E-state index contributed by atoms with van der Waals surface area (Å²) < 4.78 is 4.95. The molecule has 0 aliphatic heterocycles. The van der Waals surface area contributed by atoms with E-state index in [0.717, 1.165) is 0 Å². The first-order valence-corrected chi connectivity index (χ1v) is 6.01. The molecule has 0 aromatic carbocycles. The molecule has 1 aromatic rings. The lowest BCUT2D eigenvalue weighted by atomic mass is 10.0. The van der Waals surface area contributed by atoms with Crippen molar-refractivity contribution >= 4 is 11.8 Å². The molecule has 2 N–H and O–H groups in total. The van der Waals surface area contributed by atoms with Gasteiger partial charge in [0.1, 0.15) is 5.69 Å². The number of ketones is 1. The third kappa shape index (κ3) is 2.61. The fourth-order valence-corrected chi connectivity index (χ4v) is 1.87. The van der Waals surface area contributed by atoms with Gasteiger partial charge < -0.3 is 15.0 Å². The Kier molecular flexibility index (Phi) is 4.67. The van der Waals surface area contributed by atoms with Crippen LogP contribution in [0.3, 0.4) is 0 Å². The van der Waals surface area contributed by atoms with Gasteiger partial charge in [-0.15, -0.1) is 0 Å². The Labute approximate surface area is 107 Å². The molecule has 0 saturated carbocycles. The molecule has 0 bridgehead atoms. The average Bonchev–Trinajstić information content (AvgIpc) is 2.63. The van der Waals surface area contributed by atoms with E-state index >= 15 is 0 Å². The maximum Gasteiger partial charge on any atom is 0.355 e. The van der Waals surface area contributed by atoms with Crippen molar-refractivity contribution in [3.63, 3.8) is 0 Å². The number of Topliss-reactive ketones (excluding diaryl/α,β-unsaturated/α-hetero) is 1. The monoisotopic (exact) mass is 252 g/mol. The topological polar surface area (TPSA) is 71.2 Å². The number of carbonyl (C=O) groups is 2. The van der Waals surface area contributed by atoms with E-state index in [4.69, 9.17) is 4.74 Å². The summed E-state index contributed by atoms with van der Waals surface area (Å²) in [6.45, 7) is 7.39. The number of likely N-dealkylation sites (N-methyl/N-ethyl adjacent to an activating group) is 1. The zero-order valence-electron chi connectivity index (χ0n) is 11.5. The van der Waals surface area contributed by atoms with Crippen molar-refractivity contribution in [1.29, 1.82) is 0 Å². The van der Waals surface area contributed by atoms with Crippen molar-refractivity contribution < 1.29 is 14.3 Å². The van der Waals surface area contributed by atoms with Gasteiger partial charge in [-0.05, 0) is 40.3 Å². The van der Waals surface area contributed by atoms with E-state index in [1.165, 1.54) is 0 Å². The van der Waals surface area contributed by atoms with Gasteiger partial charge in [0, 0.05) is 11.3 Å². The van der Waals surface area contributed by atoms with Crippen LogP contribution in [0.25, 0.3) is 0 Å². The van der Waals surface area contributed by atoms with Gasteiger partial charge in [-0.3, -0.25) is 4.79 Å². The molecule has 1 heterocycles. The van der Waals surface area contributed by atoms with Crippen LogP contribution in [0.5, 0.6) is 0 Å². The number of hydrogen-bond acceptors (Lipinski definition) is 4. The number of H-pyrrole nitrogens is 1. The summed E-state index contributed by atoms with van der Waals surface area (Å²) in [6, 6.07) is -0.284. The molecule has 0 amide bonds. The molecule has 0 aliphatic carbocycles. The summed E-state index contributed by atoms with van der Waals surface area (Å²) in [7, 11) is 1.73. The Bertz CT molecular complexity index is 463. The summed E-state index contributed by atoms with van der Waals surface area (Å²) in [4.78, 5) is 26.8. The van der Waals surface area contributed by atoms with E-state index in [9.17, 15) is 9.59 Å². The quantitative estimate of drug-likeness (QED) is 0.617.